The van der Waals surface area contributed by atoms with Gasteiger partial charge in [0.25, 0.3) is 0 Å². The molecule has 0 aliphatic rings. The standard InChI is InChI=1S/C19H24NO/c1-20(2,3)16-10-15-19(21,17-11-6-4-7-12-17)18-13-8-5-9-14-18/h4-15,21H,16H2,1-3H3/q+1. The molecule has 0 spiro atoms. The molecule has 0 saturated carbocycles. The van der Waals surface area contributed by atoms with E-state index in [4.69, 9.17) is 0 Å². The molecule has 0 heterocycles. The van der Waals surface area contributed by atoms with Crippen LogP contribution in [-0.4, -0.2) is 37.3 Å². The van der Waals surface area contributed by atoms with E-state index in [9.17, 15) is 5.11 Å². The molecule has 2 heteroatoms. The second kappa shape index (κ2) is 6.25. The summed E-state index contributed by atoms with van der Waals surface area (Å²) in [4.78, 5) is 0. The third-order valence-electron chi connectivity index (χ3n) is 3.44. The Balaban J connectivity index is 2.41. The molecule has 0 unspecified atom stereocenters. The molecule has 110 valence electrons. The van der Waals surface area contributed by atoms with Crippen molar-refractivity contribution >= 4 is 0 Å². The van der Waals surface area contributed by atoms with E-state index in [-0.39, 0.29) is 0 Å². The molecule has 0 amide bonds. The molecule has 1 N–H and O–H groups in total. The van der Waals surface area contributed by atoms with E-state index >= 15 is 0 Å². The maximum atomic E-state index is 11.3. The van der Waals surface area contributed by atoms with Crippen LogP contribution in [0.3, 0.4) is 0 Å². The van der Waals surface area contributed by atoms with Crippen LogP contribution in [-0.2, 0) is 5.60 Å². The predicted octanol–water partition coefficient (Wildman–Crippen LogP) is 3.18. The van der Waals surface area contributed by atoms with Gasteiger partial charge < -0.3 is 9.59 Å². The van der Waals surface area contributed by atoms with Gasteiger partial charge in [-0.1, -0.05) is 60.7 Å². The van der Waals surface area contributed by atoms with Crippen molar-refractivity contribution in [2.45, 2.75) is 5.60 Å². The Labute approximate surface area is 127 Å². The Bertz CT molecular complexity index is 542. The van der Waals surface area contributed by atoms with Gasteiger partial charge in [0.1, 0.15) is 5.60 Å². The number of likely N-dealkylation sites (N-methyl/N-ethyl adjacent to an activating group) is 1. The average molecular weight is 282 g/mol. The van der Waals surface area contributed by atoms with Crippen molar-refractivity contribution < 1.29 is 9.59 Å². The second-order valence-electron chi connectivity index (χ2n) is 6.37. The van der Waals surface area contributed by atoms with Gasteiger partial charge in [0.05, 0.1) is 27.7 Å². The topological polar surface area (TPSA) is 20.2 Å². The van der Waals surface area contributed by atoms with Crippen LogP contribution in [0, 0.1) is 0 Å². The summed E-state index contributed by atoms with van der Waals surface area (Å²) >= 11 is 0. The van der Waals surface area contributed by atoms with Crippen LogP contribution >= 0.6 is 0 Å². The highest BCUT2D eigenvalue weighted by molar-refractivity contribution is 5.40. The van der Waals surface area contributed by atoms with E-state index in [1.54, 1.807) is 0 Å². The van der Waals surface area contributed by atoms with Gasteiger partial charge in [-0.15, -0.1) is 0 Å². The molecule has 0 fully saturated rings. The minimum atomic E-state index is -1.09. The Morgan fingerprint density at radius 3 is 1.67 bits per heavy atom. The first-order valence-electron chi connectivity index (χ1n) is 7.23. The van der Waals surface area contributed by atoms with E-state index < -0.39 is 5.60 Å². The van der Waals surface area contributed by atoms with Gasteiger partial charge in [-0.25, -0.2) is 0 Å². The van der Waals surface area contributed by atoms with Crippen molar-refractivity contribution in [1.29, 1.82) is 0 Å². The SMILES string of the molecule is C[N+](C)(C)CC=CC(O)(c1ccccc1)c1ccccc1. The Morgan fingerprint density at radius 2 is 1.29 bits per heavy atom. The summed E-state index contributed by atoms with van der Waals surface area (Å²) in [5, 5.41) is 11.3. The molecule has 0 bridgehead atoms. The molecule has 0 aliphatic heterocycles. The number of rotatable bonds is 5. The van der Waals surface area contributed by atoms with Crippen LogP contribution in [0.5, 0.6) is 0 Å². The summed E-state index contributed by atoms with van der Waals surface area (Å²) in [6.07, 6.45) is 3.96. The molecular formula is C19H24NO+. The van der Waals surface area contributed by atoms with Gasteiger partial charge in [0.2, 0.25) is 0 Å². The average Bonchev–Trinajstić information content (AvgIpc) is 2.47. The maximum absolute atomic E-state index is 11.3. The smallest absolute Gasteiger partial charge is 0.133 e. The molecule has 2 nitrogen and oxygen atoms in total. The summed E-state index contributed by atoms with van der Waals surface area (Å²) in [6.45, 7) is 0.863. The van der Waals surface area contributed by atoms with Gasteiger partial charge in [0.15, 0.2) is 0 Å². The fourth-order valence-corrected chi connectivity index (χ4v) is 2.28. The number of aliphatic hydroxyl groups is 1. The first-order chi connectivity index (χ1) is 9.92. The fourth-order valence-electron chi connectivity index (χ4n) is 2.28. The first kappa shape index (κ1) is 15.5. The summed E-state index contributed by atoms with van der Waals surface area (Å²) < 4.78 is 0.830. The number of quaternary nitrogens is 1. The number of nitrogens with zero attached hydrogens (tertiary/aromatic N) is 1. The maximum Gasteiger partial charge on any atom is 0.133 e. The van der Waals surface area contributed by atoms with E-state index in [1.807, 2.05) is 66.7 Å². The third kappa shape index (κ3) is 4.03. The quantitative estimate of drug-likeness (QED) is 0.659. The molecule has 0 aliphatic carbocycles. The van der Waals surface area contributed by atoms with Crippen molar-refractivity contribution in [1.82, 2.24) is 0 Å². The highest BCUT2D eigenvalue weighted by atomic mass is 16.3. The summed E-state index contributed by atoms with van der Waals surface area (Å²) in [6, 6.07) is 19.6. The summed E-state index contributed by atoms with van der Waals surface area (Å²) in [5.74, 6) is 0. The molecular weight excluding hydrogens is 258 g/mol. The molecule has 21 heavy (non-hydrogen) atoms. The zero-order valence-corrected chi connectivity index (χ0v) is 13.0. The van der Waals surface area contributed by atoms with Gasteiger partial charge in [-0.3, -0.25) is 0 Å². The Kier molecular flexibility index (Phi) is 4.61. The predicted molar refractivity (Wildman–Crippen MR) is 87.9 cm³/mol. The van der Waals surface area contributed by atoms with Crippen molar-refractivity contribution in [2.24, 2.45) is 0 Å². The molecule has 0 aromatic heterocycles. The lowest BCUT2D eigenvalue weighted by Crippen LogP contribution is -2.34. The van der Waals surface area contributed by atoms with Crippen molar-refractivity contribution in [3.8, 4) is 0 Å². The third-order valence-corrected chi connectivity index (χ3v) is 3.44. The van der Waals surface area contributed by atoms with E-state index in [0.29, 0.717) is 0 Å². The van der Waals surface area contributed by atoms with Gasteiger partial charge in [-0.05, 0) is 23.3 Å². The monoisotopic (exact) mass is 282 g/mol. The molecule has 2 aromatic rings. The summed E-state index contributed by atoms with van der Waals surface area (Å²) in [7, 11) is 6.40. The molecule has 0 atom stereocenters. The number of hydrogen-bond donors (Lipinski definition) is 1. The summed E-state index contributed by atoms with van der Waals surface area (Å²) in [5.41, 5.74) is 0.681. The zero-order chi connectivity index (χ0) is 15.3. The minimum Gasteiger partial charge on any atom is -0.377 e. The highest BCUT2D eigenvalue weighted by Gasteiger charge is 2.28. The molecule has 0 saturated heterocycles. The normalized spacial score (nSPS) is 12.8. The van der Waals surface area contributed by atoms with Gasteiger partial charge in [0, 0.05) is 0 Å². The zero-order valence-electron chi connectivity index (χ0n) is 13.0. The lowest BCUT2D eigenvalue weighted by atomic mass is 9.86. The van der Waals surface area contributed by atoms with Crippen molar-refractivity contribution in [3.05, 3.63) is 83.9 Å². The fraction of sp³-hybridized carbons (Fsp3) is 0.263. The van der Waals surface area contributed by atoms with E-state index in [1.165, 1.54) is 0 Å². The first-order valence-corrected chi connectivity index (χ1v) is 7.23. The molecule has 2 rings (SSSR count). The number of hydrogen-bond acceptors (Lipinski definition) is 1. The van der Waals surface area contributed by atoms with Crippen LogP contribution in [0.2, 0.25) is 0 Å². The van der Waals surface area contributed by atoms with Gasteiger partial charge >= 0.3 is 0 Å². The second-order valence-corrected chi connectivity index (χ2v) is 6.37. The van der Waals surface area contributed by atoms with Crippen LogP contribution < -0.4 is 0 Å². The number of benzene rings is 2. The van der Waals surface area contributed by atoms with Crippen LogP contribution in [0.25, 0.3) is 0 Å². The molecule has 2 aromatic carbocycles. The van der Waals surface area contributed by atoms with Crippen molar-refractivity contribution in [2.75, 3.05) is 27.7 Å². The van der Waals surface area contributed by atoms with Crippen LogP contribution in [0.15, 0.2) is 72.8 Å². The Hall–Kier alpha value is -1.90. The highest BCUT2D eigenvalue weighted by Crippen LogP contribution is 2.30. The van der Waals surface area contributed by atoms with Crippen LogP contribution in [0.1, 0.15) is 11.1 Å². The lowest BCUT2D eigenvalue weighted by molar-refractivity contribution is -0.864. The van der Waals surface area contributed by atoms with Crippen molar-refractivity contribution in [3.63, 3.8) is 0 Å². The largest absolute Gasteiger partial charge is 0.377 e. The minimum absolute atomic E-state index is 0.830. The Morgan fingerprint density at radius 1 is 0.857 bits per heavy atom. The van der Waals surface area contributed by atoms with E-state index in [2.05, 4.69) is 27.2 Å². The van der Waals surface area contributed by atoms with E-state index in [0.717, 1.165) is 22.2 Å². The lowest BCUT2D eigenvalue weighted by Gasteiger charge is -2.27. The van der Waals surface area contributed by atoms with Crippen LogP contribution in [0.4, 0.5) is 0 Å². The molecule has 0 radical (unpaired) electrons. The van der Waals surface area contributed by atoms with Gasteiger partial charge in [-0.2, -0.15) is 0 Å².